The van der Waals surface area contributed by atoms with E-state index in [9.17, 15) is 14.7 Å². The molecule has 2 atom stereocenters. The smallest absolute Gasteiger partial charge is 0.343 e. The van der Waals surface area contributed by atoms with Gasteiger partial charge >= 0.3 is 11.9 Å². The van der Waals surface area contributed by atoms with E-state index in [1.165, 1.54) is 44.9 Å². The predicted molar refractivity (Wildman–Crippen MR) is 188 cm³/mol. The summed E-state index contributed by atoms with van der Waals surface area (Å²) in [5, 5.41) is 9.98. The summed E-state index contributed by atoms with van der Waals surface area (Å²) >= 11 is 0. The molecular formula is C41H52O6. The maximum absolute atomic E-state index is 12.6. The number of ether oxygens (including phenoxy) is 3. The second-order valence-electron chi connectivity index (χ2n) is 12.7. The minimum atomic E-state index is -0.432. The van der Waals surface area contributed by atoms with Gasteiger partial charge in [0.15, 0.2) is 0 Å². The van der Waals surface area contributed by atoms with E-state index in [2.05, 4.69) is 18.8 Å². The van der Waals surface area contributed by atoms with Gasteiger partial charge in [-0.15, -0.1) is 0 Å². The number of hydrogen-bond donors (Lipinski definition) is 1. The van der Waals surface area contributed by atoms with Crippen molar-refractivity contribution in [2.75, 3.05) is 6.61 Å². The number of carbonyl (C=O) groups excluding carboxylic acids is 2. The second kappa shape index (κ2) is 20.9. The molecule has 0 saturated carbocycles. The van der Waals surface area contributed by atoms with Gasteiger partial charge in [0, 0.05) is 17.5 Å². The number of hydrogen-bond acceptors (Lipinski definition) is 6. The van der Waals surface area contributed by atoms with Crippen LogP contribution < -0.4 is 14.2 Å². The topological polar surface area (TPSA) is 82.1 Å². The fourth-order valence-corrected chi connectivity index (χ4v) is 4.98. The molecule has 3 rings (SSSR count). The van der Waals surface area contributed by atoms with Gasteiger partial charge < -0.3 is 19.3 Å². The number of unbranched alkanes of at least 4 members (excludes halogenated alkanes) is 7. The van der Waals surface area contributed by atoms with Crippen LogP contribution in [-0.4, -0.2) is 29.8 Å². The fraction of sp³-hybridized carbons (Fsp3) is 0.463. The van der Waals surface area contributed by atoms with Crippen LogP contribution in [0.5, 0.6) is 17.2 Å². The zero-order valence-electron chi connectivity index (χ0n) is 28.6. The maximum Gasteiger partial charge on any atom is 0.343 e. The summed E-state index contributed by atoms with van der Waals surface area (Å²) in [5.74, 6) is 7.50. The van der Waals surface area contributed by atoms with Crippen LogP contribution in [0.1, 0.15) is 120 Å². The van der Waals surface area contributed by atoms with E-state index in [0.29, 0.717) is 36.5 Å². The van der Waals surface area contributed by atoms with E-state index < -0.39 is 5.97 Å². The van der Waals surface area contributed by atoms with Crippen molar-refractivity contribution in [3.05, 3.63) is 89.5 Å². The number of benzene rings is 3. The van der Waals surface area contributed by atoms with Gasteiger partial charge in [-0.1, -0.05) is 84.5 Å². The van der Waals surface area contributed by atoms with E-state index in [0.717, 1.165) is 29.7 Å². The summed E-state index contributed by atoms with van der Waals surface area (Å²) in [6.07, 6.45) is 11.5. The average molecular weight is 641 g/mol. The van der Waals surface area contributed by atoms with Gasteiger partial charge in [-0.05, 0) is 104 Å². The zero-order valence-corrected chi connectivity index (χ0v) is 28.6. The van der Waals surface area contributed by atoms with E-state index in [-0.39, 0.29) is 23.9 Å². The molecule has 1 N–H and O–H groups in total. The van der Waals surface area contributed by atoms with Crippen LogP contribution in [0.15, 0.2) is 72.8 Å². The molecule has 0 spiro atoms. The van der Waals surface area contributed by atoms with Crippen molar-refractivity contribution in [1.82, 2.24) is 0 Å². The Balaban J connectivity index is 1.38. The quantitative estimate of drug-likeness (QED) is 0.0608. The Morgan fingerprint density at radius 3 is 1.72 bits per heavy atom. The SMILES string of the molecule is CCCCCCCCCCOc1ccc(C(=O)Oc2ccc(C#Cc3ccc(OC(=O)C[C@H](C)CC[C@H](O)C(C)C)cc3)cc2)cc1. The summed E-state index contributed by atoms with van der Waals surface area (Å²) in [6, 6.07) is 21.2. The molecular weight excluding hydrogens is 588 g/mol. The molecule has 3 aromatic carbocycles. The molecule has 0 bridgehead atoms. The van der Waals surface area contributed by atoms with Gasteiger partial charge in [-0.2, -0.15) is 0 Å². The molecule has 0 aliphatic carbocycles. The van der Waals surface area contributed by atoms with E-state index >= 15 is 0 Å². The van der Waals surface area contributed by atoms with Crippen molar-refractivity contribution in [1.29, 1.82) is 0 Å². The summed E-state index contributed by atoms with van der Waals surface area (Å²) in [5.41, 5.74) is 2.01. The number of aliphatic hydroxyl groups is 1. The molecule has 0 aromatic heterocycles. The molecule has 252 valence electrons. The number of carbonyl (C=O) groups is 2. The molecule has 0 aliphatic heterocycles. The number of rotatable bonds is 19. The Morgan fingerprint density at radius 1 is 0.660 bits per heavy atom. The lowest BCUT2D eigenvalue weighted by atomic mass is 9.95. The van der Waals surface area contributed by atoms with Gasteiger partial charge in [-0.3, -0.25) is 4.79 Å². The van der Waals surface area contributed by atoms with Crippen LogP contribution >= 0.6 is 0 Å². The summed E-state index contributed by atoms with van der Waals surface area (Å²) < 4.78 is 16.9. The van der Waals surface area contributed by atoms with Gasteiger partial charge in [0.25, 0.3) is 0 Å². The first-order valence-corrected chi connectivity index (χ1v) is 17.3. The predicted octanol–water partition coefficient (Wildman–Crippen LogP) is 9.55. The standard InChI is InChI=1S/C41H52O6/c1-5-6-7-8-9-10-11-12-29-45-36-26-20-35(21-27-36)41(44)47-38-24-18-34(19-25-38)15-14-33-16-22-37(23-17-33)46-40(43)30-32(4)13-28-39(42)31(2)3/h16-27,31-32,39,42H,5-13,28-30H2,1-4H3/t32-,39+/m1/s1. The van der Waals surface area contributed by atoms with Crippen LogP contribution in [0.4, 0.5) is 0 Å². The van der Waals surface area contributed by atoms with E-state index in [4.69, 9.17) is 14.2 Å². The Labute approximate surface area is 281 Å². The second-order valence-corrected chi connectivity index (χ2v) is 12.7. The first-order valence-electron chi connectivity index (χ1n) is 17.3. The van der Waals surface area contributed by atoms with Crippen molar-refractivity contribution in [3.8, 4) is 29.1 Å². The lowest BCUT2D eigenvalue weighted by Crippen LogP contribution is -2.17. The van der Waals surface area contributed by atoms with Crippen molar-refractivity contribution >= 4 is 11.9 Å². The third kappa shape index (κ3) is 14.9. The molecule has 0 amide bonds. The van der Waals surface area contributed by atoms with Gasteiger partial charge in [0.05, 0.1) is 18.3 Å². The molecule has 47 heavy (non-hydrogen) atoms. The highest BCUT2D eigenvalue weighted by molar-refractivity contribution is 5.91. The molecule has 0 unspecified atom stereocenters. The van der Waals surface area contributed by atoms with Crippen LogP contribution in [0.3, 0.4) is 0 Å². The van der Waals surface area contributed by atoms with Crippen LogP contribution in [-0.2, 0) is 4.79 Å². The van der Waals surface area contributed by atoms with Crippen molar-refractivity contribution in [2.45, 2.75) is 104 Å². The third-order valence-electron chi connectivity index (χ3n) is 8.10. The Bertz CT molecular complexity index is 1400. The lowest BCUT2D eigenvalue weighted by molar-refractivity contribution is -0.135. The molecule has 0 saturated heterocycles. The number of esters is 2. The Kier molecular flexibility index (Phi) is 16.6. The normalized spacial score (nSPS) is 12.1. The fourth-order valence-electron chi connectivity index (χ4n) is 4.98. The summed E-state index contributed by atoms with van der Waals surface area (Å²) in [4.78, 5) is 25.0. The van der Waals surface area contributed by atoms with Gasteiger partial charge in [0.1, 0.15) is 17.2 Å². The van der Waals surface area contributed by atoms with E-state index in [1.54, 1.807) is 72.8 Å². The minimum Gasteiger partial charge on any atom is -0.494 e. The highest BCUT2D eigenvalue weighted by Crippen LogP contribution is 2.20. The minimum absolute atomic E-state index is 0.136. The Hall–Kier alpha value is -4.08. The van der Waals surface area contributed by atoms with E-state index in [1.807, 2.05) is 20.8 Å². The Morgan fingerprint density at radius 2 is 1.17 bits per heavy atom. The lowest BCUT2D eigenvalue weighted by Gasteiger charge is -2.17. The van der Waals surface area contributed by atoms with Gasteiger partial charge in [-0.25, -0.2) is 4.79 Å². The highest BCUT2D eigenvalue weighted by atomic mass is 16.5. The van der Waals surface area contributed by atoms with Crippen LogP contribution in [0, 0.1) is 23.7 Å². The van der Waals surface area contributed by atoms with Crippen molar-refractivity contribution in [2.24, 2.45) is 11.8 Å². The average Bonchev–Trinajstić information content (AvgIpc) is 3.07. The maximum atomic E-state index is 12.6. The van der Waals surface area contributed by atoms with Crippen molar-refractivity contribution < 1.29 is 28.9 Å². The first-order chi connectivity index (χ1) is 22.7. The third-order valence-corrected chi connectivity index (χ3v) is 8.10. The molecule has 0 fully saturated rings. The summed E-state index contributed by atoms with van der Waals surface area (Å²) in [7, 11) is 0. The van der Waals surface area contributed by atoms with Crippen LogP contribution in [0.25, 0.3) is 0 Å². The molecule has 0 aliphatic rings. The zero-order chi connectivity index (χ0) is 33.9. The van der Waals surface area contributed by atoms with Crippen molar-refractivity contribution in [3.63, 3.8) is 0 Å². The first kappa shape index (κ1) is 37.4. The molecule has 6 heteroatoms. The monoisotopic (exact) mass is 640 g/mol. The highest BCUT2D eigenvalue weighted by Gasteiger charge is 2.15. The molecule has 3 aromatic rings. The largest absolute Gasteiger partial charge is 0.494 e. The molecule has 0 radical (unpaired) electrons. The van der Waals surface area contributed by atoms with Crippen LogP contribution in [0.2, 0.25) is 0 Å². The molecule has 0 heterocycles. The molecule has 6 nitrogen and oxygen atoms in total. The number of aliphatic hydroxyl groups excluding tert-OH is 1. The van der Waals surface area contributed by atoms with Gasteiger partial charge in [0.2, 0.25) is 0 Å². The summed E-state index contributed by atoms with van der Waals surface area (Å²) in [6.45, 7) is 8.89.